The predicted molar refractivity (Wildman–Crippen MR) is 135 cm³/mol. The van der Waals surface area contributed by atoms with Crippen LogP contribution in [0.15, 0.2) is 0 Å². The molecule has 0 radical (unpaired) electrons. The zero-order chi connectivity index (χ0) is 24.0. The maximum absolute atomic E-state index is 5.44. The SMILES string of the molecule is CO[Si](CCCNCCCCCCCCCCNCCC[Si](OC)(OC)OC)(OC)OC. The van der Waals surface area contributed by atoms with Gasteiger partial charge in [0.05, 0.1) is 0 Å². The smallest absolute Gasteiger partial charge is 0.377 e. The van der Waals surface area contributed by atoms with E-state index in [4.69, 9.17) is 26.6 Å². The van der Waals surface area contributed by atoms with Gasteiger partial charge in [-0.3, -0.25) is 0 Å². The lowest BCUT2D eigenvalue weighted by atomic mass is 10.1. The van der Waals surface area contributed by atoms with Crippen LogP contribution in [0.5, 0.6) is 0 Å². The van der Waals surface area contributed by atoms with Crippen molar-refractivity contribution in [1.29, 1.82) is 0 Å². The normalized spacial score (nSPS) is 12.6. The summed E-state index contributed by atoms with van der Waals surface area (Å²) in [6.07, 6.45) is 12.6. The lowest BCUT2D eigenvalue weighted by Gasteiger charge is -2.24. The Bertz CT molecular complexity index is 350. The van der Waals surface area contributed by atoms with Gasteiger partial charge in [0.1, 0.15) is 0 Å². The van der Waals surface area contributed by atoms with Gasteiger partial charge in [0.25, 0.3) is 0 Å². The van der Waals surface area contributed by atoms with E-state index in [1.54, 1.807) is 42.7 Å². The molecule has 0 saturated carbocycles. The van der Waals surface area contributed by atoms with E-state index in [1.165, 1.54) is 51.4 Å². The van der Waals surface area contributed by atoms with Crippen molar-refractivity contribution < 1.29 is 26.6 Å². The second kappa shape index (κ2) is 21.6. The Morgan fingerprint density at radius 2 is 0.625 bits per heavy atom. The average molecular weight is 497 g/mol. The van der Waals surface area contributed by atoms with Gasteiger partial charge in [-0.25, -0.2) is 0 Å². The molecule has 0 fully saturated rings. The molecule has 0 aromatic heterocycles. The Kier molecular flexibility index (Phi) is 21.7. The molecule has 0 spiro atoms. The van der Waals surface area contributed by atoms with Crippen LogP contribution < -0.4 is 10.6 Å². The van der Waals surface area contributed by atoms with Gasteiger partial charge in [-0.2, -0.15) is 0 Å². The Hall–Kier alpha value is 0.114. The molecule has 2 N–H and O–H groups in total. The number of hydrogen-bond donors (Lipinski definition) is 2. The van der Waals surface area contributed by atoms with Crippen LogP contribution in [0.3, 0.4) is 0 Å². The first kappa shape index (κ1) is 32.1. The molecule has 8 nitrogen and oxygen atoms in total. The van der Waals surface area contributed by atoms with Crippen LogP contribution in [-0.4, -0.2) is 86.4 Å². The minimum atomic E-state index is -2.39. The highest BCUT2D eigenvalue weighted by Crippen LogP contribution is 2.15. The Morgan fingerprint density at radius 3 is 0.906 bits per heavy atom. The maximum atomic E-state index is 5.44. The van der Waals surface area contributed by atoms with Crippen molar-refractivity contribution in [3.05, 3.63) is 0 Å². The average Bonchev–Trinajstić information content (AvgIpc) is 2.84. The summed E-state index contributed by atoms with van der Waals surface area (Å²) in [5.74, 6) is 0. The Balaban J connectivity index is 3.33. The number of rotatable bonds is 25. The van der Waals surface area contributed by atoms with E-state index in [1.807, 2.05) is 0 Å². The molecule has 0 aliphatic rings. The summed E-state index contributed by atoms with van der Waals surface area (Å²) in [6.45, 7) is 4.17. The summed E-state index contributed by atoms with van der Waals surface area (Å²) in [6, 6.07) is 1.72. The summed E-state index contributed by atoms with van der Waals surface area (Å²) in [5, 5.41) is 7.04. The van der Waals surface area contributed by atoms with Crippen molar-refractivity contribution in [2.75, 3.05) is 68.8 Å². The molecule has 194 valence electrons. The van der Waals surface area contributed by atoms with Gasteiger partial charge >= 0.3 is 17.6 Å². The highest BCUT2D eigenvalue weighted by atomic mass is 28.4. The molecule has 0 bridgehead atoms. The molecular formula is C22H52N2O6Si2. The number of hydrogen-bond acceptors (Lipinski definition) is 8. The fraction of sp³-hybridized carbons (Fsp3) is 1.00. The van der Waals surface area contributed by atoms with Crippen LogP contribution in [0.1, 0.15) is 64.2 Å². The molecule has 0 unspecified atom stereocenters. The molecule has 0 aliphatic carbocycles. The van der Waals surface area contributed by atoms with Gasteiger partial charge in [0.2, 0.25) is 0 Å². The number of nitrogens with one attached hydrogen (secondary N) is 2. The Labute approximate surface area is 200 Å². The largest absolute Gasteiger partial charge is 0.500 e. The van der Waals surface area contributed by atoms with Crippen molar-refractivity contribution >= 4 is 17.6 Å². The van der Waals surface area contributed by atoms with Crippen molar-refractivity contribution in [1.82, 2.24) is 10.6 Å². The second-order valence-electron chi connectivity index (χ2n) is 8.13. The topological polar surface area (TPSA) is 79.4 Å². The predicted octanol–water partition coefficient (Wildman–Crippen LogP) is 3.82. The summed E-state index contributed by atoms with van der Waals surface area (Å²) in [5.41, 5.74) is 0. The first-order chi connectivity index (χ1) is 15.6. The monoisotopic (exact) mass is 496 g/mol. The minimum Gasteiger partial charge on any atom is -0.377 e. The van der Waals surface area contributed by atoms with Gasteiger partial charge in [-0.15, -0.1) is 0 Å². The van der Waals surface area contributed by atoms with Crippen molar-refractivity contribution in [3.8, 4) is 0 Å². The van der Waals surface area contributed by atoms with Crippen LogP contribution >= 0.6 is 0 Å². The highest BCUT2D eigenvalue weighted by Gasteiger charge is 2.37. The van der Waals surface area contributed by atoms with E-state index in [0.29, 0.717) is 0 Å². The lowest BCUT2D eigenvalue weighted by molar-refractivity contribution is 0.122. The molecule has 0 aromatic carbocycles. The molecule has 0 heterocycles. The zero-order valence-electron chi connectivity index (χ0n) is 21.8. The third-order valence-corrected chi connectivity index (χ3v) is 11.7. The molecular weight excluding hydrogens is 444 g/mol. The molecule has 0 rings (SSSR count). The quantitative estimate of drug-likeness (QED) is 0.146. The van der Waals surface area contributed by atoms with Gasteiger partial charge in [0, 0.05) is 54.7 Å². The third kappa shape index (κ3) is 15.1. The van der Waals surface area contributed by atoms with Crippen LogP contribution in [0.2, 0.25) is 12.1 Å². The van der Waals surface area contributed by atoms with Gasteiger partial charge < -0.3 is 37.2 Å². The molecule has 0 aromatic rings. The fourth-order valence-electron chi connectivity index (χ4n) is 3.78. The van der Waals surface area contributed by atoms with E-state index in [0.717, 1.165) is 51.1 Å². The highest BCUT2D eigenvalue weighted by molar-refractivity contribution is 6.60. The van der Waals surface area contributed by atoms with E-state index in [2.05, 4.69) is 10.6 Å². The van der Waals surface area contributed by atoms with E-state index >= 15 is 0 Å². The van der Waals surface area contributed by atoms with Crippen LogP contribution in [0.4, 0.5) is 0 Å². The van der Waals surface area contributed by atoms with E-state index in [9.17, 15) is 0 Å². The first-order valence-electron chi connectivity index (χ1n) is 12.3. The second-order valence-corrected chi connectivity index (χ2v) is 14.3. The molecule has 0 aliphatic heterocycles. The van der Waals surface area contributed by atoms with Crippen LogP contribution in [-0.2, 0) is 26.6 Å². The molecule has 32 heavy (non-hydrogen) atoms. The standard InChI is InChI=1S/C22H52N2O6Si2/c1-25-31(26-2,27-3)21-15-19-23-17-13-11-9-7-8-10-12-14-18-24-20-16-22-32(28-4,29-5)30-6/h23-24H,7-22H2,1-6H3. The fourth-order valence-corrected chi connectivity index (χ4v) is 7.23. The lowest BCUT2D eigenvalue weighted by Crippen LogP contribution is -2.43. The molecule has 0 saturated heterocycles. The van der Waals surface area contributed by atoms with Crippen molar-refractivity contribution in [2.24, 2.45) is 0 Å². The summed E-state index contributed by atoms with van der Waals surface area (Å²) < 4.78 is 32.6. The van der Waals surface area contributed by atoms with Crippen molar-refractivity contribution in [3.63, 3.8) is 0 Å². The van der Waals surface area contributed by atoms with Gasteiger partial charge in [-0.1, -0.05) is 38.5 Å². The first-order valence-corrected chi connectivity index (χ1v) is 16.2. The van der Waals surface area contributed by atoms with E-state index < -0.39 is 17.6 Å². The number of unbranched alkanes of at least 4 members (excludes halogenated alkanes) is 7. The summed E-state index contributed by atoms with van der Waals surface area (Å²) in [4.78, 5) is 0. The Morgan fingerprint density at radius 1 is 0.375 bits per heavy atom. The summed E-state index contributed by atoms with van der Waals surface area (Å²) in [7, 11) is 5.24. The maximum Gasteiger partial charge on any atom is 0.500 e. The zero-order valence-corrected chi connectivity index (χ0v) is 23.8. The minimum absolute atomic E-state index is 0.858. The van der Waals surface area contributed by atoms with E-state index in [-0.39, 0.29) is 0 Å². The van der Waals surface area contributed by atoms with Crippen LogP contribution in [0, 0.1) is 0 Å². The molecule has 10 heteroatoms. The summed E-state index contributed by atoms with van der Waals surface area (Å²) >= 11 is 0. The third-order valence-electron chi connectivity index (χ3n) is 6.00. The molecule has 0 amide bonds. The van der Waals surface area contributed by atoms with Gasteiger partial charge in [0.15, 0.2) is 0 Å². The van der Waals surface area contributed by atoms with Crippen molar-refractivity contribution in [2.45, 2.75) is 76.3 Å². The van der Waals surface area contributed by atoms with Crippen LogP contribution in [0.25, 0.3) is 0 Å². The molecule has 0 atom stereocenters. The van der Waals surface area contributed by atoms with Gasteiger partial charge in [-0.05, 0) is 51.9 Å².